The van der Waals surface area contributed by atoms with Gasteiger partial charge in [-0.05, 0) is 61.0 Å². The Morgan fingerprint density at radius 2 is 1.88 bits per heavy atom. The van der Waals surface area contributed by atoms with Gasteiger partial charge in [0.25, 0.3) is 5.91 Å². The lowest BCUT2D eigenvalue weighted by molar-refractivity contribution is 0.0992. The van der Waals surface area contributed by atoms with Gasteiger partial charge in [-0.15, -0.1) is 0 Å². The van der Waals surface area contributed by atoms with E-state index < -0.39 is 0 Å². The van der Waals surface area contributed by atoms with Crippen molar-refractivity contribution in [1.29, 1.82) is 0 Å². The number of carbonyl (C=O) groups is 1. The molecule has 8 heteroatoms. The van der Waals surface area contributed by atoms with E-state index in [9.17, 15) is 4.79 Å². The Labute approximate surface area is 190 Å². The maximum atomic E-state index is 12.6. The van der Waals surface area contributed by atoms with Crippen molar-refractivity contribution in [3.63, 3.8) is 0 Å². The fourth-order valence-electron chi connectivity index (χ4n) is 3.12. The van der Waals surface area contributed by atoms with Crippen LogP contribution >= 0.6 is 11.6 Å². The molecule has 32 heavy (non-hydrogen) atoms. The van der Waals surface area contributed by atoms with E-state index in [1.165, 1.54) is 0 Å². The van der Waals surface area contributed by atoms with Crippen LogP contribution in [-0.2, 0) is 13.2 Å². The number of hydrogen-bond acceptors (Lipinski definition) is 5. The van der Waals surface area contributed by atoms with Gasteiger partial charge >= 0.3 is 0 Å². The molecule has 2 heterocycles. The first kappa shape index (κ1) is 21.5. The van der Waals surface area contributed by atoms with Crippen LogP contribution in [0.3, 0.4) is 0 Å². The van der Waals surface area contributed by atoms with Crippen LogP contribution in [0.25, 0.3) is 0 Å². The SMILES string of the molecule is COc1ccc(OCc2ccc(C(=O)Nc3cc(C)n(Cc4cccc(Cl)c4)n3)o2)cc1. The summed E-state index contributed by atoms with van der Waals surface area (Å²) < 4.78 is 18.2. The van der Waals surface area contributed by atoms with Crippen molar-refractivity contribution in [2.24, 2.45) is 0 Å². The Morgan fingerprint density at radius 1 is 1.09 bits per heavy atom. The molecule has 0 unspecified atom stereocenters. The number of methoxy groups -OCH3 is 1. The zero-order chi connectivity index (χ0) is 22.5. The average Bonchev–Trinajstić information content (AvgIpc) is 3.39. The summed E-state index contributed by atoms with van der Waals surface area (Å²) in [7, 11) is 1.61. The lowest BCUT2D eigenvalue weighted by Gasteiger charge is -2.05. The van der Waals surface area contributed by atoms with Crippen LogP contribution in [-0.4, -0.2) is 22.8 Å². The smallest absolute Gasteiger partial charge is 0.292 e. The maximum Gasteiger partial charge on any atom is 0.292 e. The van der Waals surface area contributed by atoms with Gasteiger partial charge in [-0.3, -0.25) is 9.48 Å². The molecule has 1 N–H and O–H groups in total. The topological polar surface area (TPSA) is 78.5 Å². The van der Waals surface area contributed by atoms with Crippen LogP contribution in [0.1, 0.15) is 27.6 Å². The van der Waals surface area contributed by atoms with Gasteiger partial charge in [-0.1, -0.05) is 23.7 Å². The van der Waals surface area contributed by atoms with E-state index >= 15 is 0 Å². The number of nitrogens with zero attached hydrogens (tertiary/aromatic N) is 2. The molecule has 0 radical (unpaired) electrons. The van der Waals surface area contributed by atoms with E-state index in [-0.39, 0.29) is 18.3 Å². The second-order valence-corrected chi connectivity index (χ2v) is 7.58. The Morgan fingerprint density at radius 3 is 2.62 bits per heavy atom. The van der Waals surface area contributed by atoms with Crippen molar-refractivity contribution < 1.29 is 18.7 Å². The summed E-state index contributed by atoms with van der Waals surface area (Å²) in [4.78, 5) is 12.6. The first-order chi connectivity index (χ1) is 15.5. The summed E-state index contributed by atoms with van der Waals surface area (Å²) in [5.74, 6) is 2.21. The van der Waals surface area contributed by atoms with E-state index in [2.05, 4.69) is 10.4 Å². The third-order valence-corrected chi connectivity index (χ3v) is 5.01. The second-order valence-electron chi connectivity index (χ2n) is 7.14. The largest absolute Gasteiger partial charge is 0.497 e. The number of aryl methyl sites for hydroxylation is 1. The first-order valence-electron chi connectivity index (χ1n) is 9.96. The quantitative estimate of drug-likeness (QED) is 0.392. The van der Waals surface area contributed by atoms with Gasteiger partial charge < -0.3 is 19.2 Å². The van der Waals surface area contributed by atoms with E-state index in [1.807, 2.05) is 43.3 Å². The highest BCUT2D eigenvalue weighted by Gasteiger charge is 2.14. The zero-order valence-electron chi connectivity index (χ0n) is 17.7. The molecule has 0 bridgehead atoms. The Kier molecular flexibility index (Phi) is 6.47. The summed E-state index contributed by atoms with van der Waals surface area (Å²) in [5, 5.41) is 7.90. The van der Waals surface area contributed by atoms with Crippen molar-refractivity contribution >= 4 is 23.3 Å². The van der Waals surface area contributed by atoms with Crippen molar-refractivity contribution in [2.75, 3.05) is 12.4 Å². The molecule has 0 aliphatic heterocycles. The average molecular weight is 452 g/mol. The van der Waals surface area contributed by atoms with Gasteiger partial charge in [-0.2, -0.15) is 5.10 Å². The van der Waals surface area contributed by atoms with Crippen molar-refractivity contribution in [3.05, 3.63) is 94.5 Å². The minimum atomic E-state index is -0.381. The number of carbonyl (C=O) groups excluding carboxylic acids is 1. The first-order valence-corrected chi connectivity index (χ1v) is 10.3. The van der Waals surface area contributed by atoms with Gasteiger partial charge in [0.2, 0.25) is 0 Å². The highest BCUT2D eigenvalue weighted by Crippen LogP contribution is 2.20. The molecule has 4 aromatic rings. The lowest BCUT2D eigenvalue weighted by Crippen LogP contribution is -2.12. The molecule has 0 saturated carbocycles. The molecule has 0 aliphatic rings. The number of nitrogens with one attached hydrogen (secondary N) is 1. The van der Waals surface area contributed by atoms with E-state index in [0.29, 0.717) is 28.9 Å². The summed E-state index contributed by atoms with van der Waals surface area (Å²) in [6.07, 6.45) is 0. The van der Waals surface area contributed by atoms with Gasteiger partial charge in [0, 0.05) is 16.8 Å². The number of rotatable bonds is 8. The molecule has 1 amide bonds. The molecule has 7 nitrogen and oxygen atoms in total. The molecule has 0 fully saturated rings. The van der Waals surface area contributed by atoms with Crippen LogP contribution in [0.15, 0.2) is 71.1 Å². The van der Waals surface area contributed by atoms with E-state index in [0.717, 1.165) is 17.0 Å². The van der Waals surface area contributed by atoms with E-state index in [4.69, 9.17) is 25.5 Å². The Bertz CT molecular complexity index is 1210. The normalized spacial score (nSPS) is 10.7. The Hall–Kier alpha value is -3.71. The summed E-state index contributed by atoms with van der Waals surface area (Å²) in [5.41, 5.74) is 1.93. The highest BCUT2D eigenvalue weighted by atomic mass is 35.5. The molecular formula is C24H22ClN3O4. The fraction of sp³-hybridized carbons (Fsp3) is 0.167. The summed E-state index contributed by atoms with van der Waals surface area (Å²) in [6, 6.07) is 19.9. The number of furan rings is 1. The number of benzene rings is 2. The molecular weight excluding hydrogens is 430 g/mol. The van der Waals surface area contributed by atoms with E-state index in [1.54, 1.807) is 42.1 Å². The van der Waals surface area contributed by atoms with Crippen LogP contribution in [0.4, 0.5) is 5.82 Å². The zero-order valence-corrected chi connectivity index (χ0v) is 18.4. The van der Waals surface area contributed by atoms with Gasteiger partial charge in [0.15, 0.2) is 11.6 Å². The molecule has 0 spiro atoms. The van der Waals surface area contributed by atoms with Crippen LogP contribution in [0.2, 0.25) is 5.02 Å². The third kappa shape index (κ3) is 5.31. The number of anilines is 1. The highest BCUT2D eigenvalue weighted by molar-refractivity contribution is 6.30. The van der Waals surface area contributed by atoms with Gasteiger partial charge in [0.05, 0.1) is 13.7 Å². The molecule has 0 saturated heterocycles. The number of ether oxygens (including phenoxy) is 2. The lowest BCUT2D eigenvalue weighted by atomic mass is 10.2. The Balaban J connectivity index is 1.35. The number of amides is 1. The maximum absolute atomic E-state index is 12.6. The third-order valence-electron chi connectivity index (χ3n) is 4.77. The van der Waals surface area contributed by atoms with Crippen LogP contribution in [0, 0.1) is 6.92 Å². The number of halogens is 1. The van der Waals surface area contributed by atoms with Crippen molar-refractivity contribution in [2.45, 2.75) is 20.1 Å². The van der Waals surface area contributed by atoms with Crippen LogP contribution in [0.5, 0.6) is 11.5 Å². The van der Waals surface area contributed by atoms with Crippen molar-refractivity contribution in [3.8, 4) is 11.5 Å². The summed E-state index contributed by atoms with van der Waals surface area (Å²) in [6.45, 7) is 2.68. The molecule has 164 valence electrons. The molecule has 2 aromatic carbocycles. The molecule has 4 rings (SSSR count). The fourth-order valence-corrected chi connectivity index (χ4v) is 3.33. The predicted molar refractivity (Wildman–Crippen MR) is 122 cm³/mol. The number of hydrogen-bond donors (Lipinski definition) is 1. The van der Waals surface area contributed by atoms with Crippen molar-refractivity contribution in [1.82, 2.24) is 9.78 Å². The minimum absolute atomic E-state index is 0.181. The van der Waals surface area contributed by atoms with Gasteiger partial charge in [0.1, 0.15) is 23.9 Å². The standard InChI is InChI=1S/C24H22ClN3O4/c1-16-12-23(27-28(16)14-17-4-3-5-18(25)13-17)26-24(29)22-11-10-21(32-22)15-31-20-8-6-19(30-2)7-9-20/h3-13H,14-15H2,1-2H3,(H,26,27,29). The summed E-state index contributed by atoms with van der Waals surface area (Å²) >= 11 is 6.05. The monoisotopic (exact) mass is 451 g/mol. The minimum Gasteiger partial charge on any atom is -0.497 e. The predicted octanol–water partition coefficient (Wildman–Crippen LogP) is 5.33. The molecule has 0 atom stereocenters. The van der Waals surface area contributed by atoms with Gasteiger partial charge in [-0.25, -0.2) is 0 Å². The molecule has 0 aliphatic carbocycles. The molecule has 2 aromatic heterocycles. The van der Waals surface area contributed by atoms with Crippen LogP contribution < -0.4 is 14.8 Å². The number of aromatic nitrogens is 2. The second kappa shape index (κ2) is 9.62.